The van der Waals surface area contributed by atoms with Gasteiger partial charge in [0.25, 0.3) is 0 Å². The molecule has 0 radical (unpaired) electrons. The quantitative estimate of drug-likeness (QED) is 0.758. The third-order valence-electron chi connectivity index (χ3n) is 5.56. The maximum atomic E-state index is 13.1. The molecule has 2 aromatic rings. The van der Waals surface area contributed by atoms with E-state index >= 15 is 0 Å². The number of rotatable bonds is 4. The lowest BCUT2D eigenvalue weighted by Crippen LogP contribution is -2.35. The number of thioether (sulfide) groups is 1. The lowest BCUT2D eigenvalue weighted by molar-refractivity contribution is -0.117. The van der Waals surface area contributed by atoms with E-state index in [4.69, 9.17) is 0 Å². The van der Waals surface area contributed by atoms with E-state index in [-0.39, 0.29) is 11.2 Å². The van der Waals surface area contributed by atoms with Crippen LogP contribution >= 0.6 is 11.8 Å². The molecule has 1 unspecified atom stereocenters. The number of benzene rings is 1. The molecule has 1 aliphatic heterocycles. The Balaban J connectivity index is 1.50. The molecule has 1 atom stereocenters. The maximum absolute atomic E-state index is 13.1. The second kappa shape index (κ2) is 7.43. The molecule has 2 heterocycles. The number of carbonyl (C=O) groups is 1. The number of amides is 1. The van der Waals surface area contributed by atoms with Gasteiger partial charge in [0.05, 0.1) is 5.25 Å². The van der Waals surface area contributed by atoms with Crippen molar-refractivity contribution in [1.82, 2.24) is 14.8 Å². The maximum Gasteiger partial charge on any atom is 0.240 e. The summed E-state index contributed by atoms with van der Waals surface area (Å²) in [6.07, 6.45) is 7.18. The molecule has 1 aromatic carbocycles. The Hall–Kier alpha value is -1.82. The minimum absolute atomic E-state index is 0.163. The van der Waals surface area contributed by atoms with Crippen molar-refractivity contribution < 1.29 is 4.79 Å². The number of hydrogen-bond donors (Lipinski definition) is 0. The fourth-order valence-electron chi connectivity index (χ4n) is 4.19. The van der Waals surface area contributed by atoms with Gasteiger partial charge in [-0.15, -0.1) is 10.2 Å². The van der Waals surface area contributed by atoms with E-state index in [1.165, 1.54) is 37.7 Å². The van der Waals surface area contributed by atoms with Crippen molar-refractivity contribution in [3.05, 3.63) is 35.7 Å². The van der Waals surface area contributed by atoms with Gasteiger partial charge in [-0.25, -0.2) is 0 Å². The van der Waals surface area contributed by atoms with Crippen LogP contribution in [0, 0.1) is 6.92 Å². The second-order valence-electron chi connectivity index (χ2n) is 7.32. The van der Waals surface area contributed by atoms with Gasteiger partial charge in [0.1, 0.15) is 5.82 Å². The van der Waals surface area contributed by atoms with Crippen LogP contribution in [-0.2, 0) is 11.2 Å². The fraction of sp³-hybridized carbons (Fsp3) is 0.550. The van der Waals surface area contributed by atoms with E-state index < -0.39 is 0 Å². The van der Waals surface area contributed by atoms with Crippen LogP contribution in [0.5, 0.6) is 0 Å². The van der Waals surface area contributed by atoms with E-state index in [2.05, 4.69) is 20.8 Å². The standard InChI is InChI=1S/C20H26N4OS/c1-14(19(25)23-13-12-16-8-6-7-11-18(16)23)26-20-22-21-15(2)24(20)17-9-4-3-5-10-17/h6-8,11,14,17H,3-5,9-10,12-13H2,1-2H3. The number of carbonyl (C=O) groups excluding carboxylic acids is 1. The normalized spacial score (nSPS) is 18.8. The predicted molar refractivity (Wildman–Crippen MR) is 105 cm³/mol. The molecular weight excluding hydrogens is 344 g/mol. The van der Waals surface area contributed by atoms with Crippen molar-refractivity contribution in [3.63, 3.8) is 0 Å². The van der Waals surface area contributed by atoms with Crippen LogP contribution in [-0.4, -0.2) is 32.5 Å². The number of hydrogen-bond acceptors (Lipinski definition) is 4. The molecule has 0 bridgehead atoms. The van der Waals surface area contributed by atoms with Crippen LogP contribution < -0.4 is 4.90 Å². The van der Waals surface area contributed by atoms with Crippen LogP contribution in [0.25, 0.3) is 0 Å². The van der Waals surface area contributed by atoms with E-state index in [1.54, 1.807) is 11.8 Å². The Bertz CT molecular complexity index is 797. The molecule has 2 aliphatic rings. The lowest BCUT2D eigenvalue weighted by atomic mass is 9.95. The highest BCUT2D eigenvalue weighted by Crippen LogP contribution is 2.35. The van der Waals surface area contributed by atoms with Gasteiger partial charge in [-0.1, -0.05) is 49.2 Å². The largest absolute Gasteiger partial charge is 0.311 e. The third kappa shape index (κ3) is 3.27. The Kier molecular flexibility index (Phi) is 5.02. The first-order valence-corrected chi connectivity index (χ1v) is 10.5. The summed E-state index contributed by atoms with van der Waals surface area (Å²) >= 11 is 1.55. The van der Waals surface area contributed by atoms with E-state index in [0.717, 1.165) is 29.6 Å². The van der Waals surface area contributed by atoms with Gasteiger partial charge in [-0.05, 0) is 44.7 Å². The minimum atomic E-state index is -0.174. The first-order valence-electron chi connectivity index (χ1n) is 9.62. The summed E-state index contributed by atoms with van der Waals surface area (Å²) in [6.45, 7) is 4.79. The molecule has 1 saturated carbocycles. The molecule has 1 aromatic heterocycles. The monoisotopic (exact) mass is 370 g/mol. The Morgan fingerprint density at radius 2 is 1.96 bits per heavy atom. The molecule has 0 spiro atoms. The fourth-order valence-corrected chi connectivity index (χ4v) is 5.21. The molecule has 4 rings (SSSR count). The summed E-state index contributed by atoms with van der Waals surface area (Å²) < 4.78 is 2.27. The molecule has 0 saturated heterocycles. The first kappa shape index (κ1) is 17.6. The predicted octanol–water partition coefficient (Wildman–Crippen LogP) is 4.16. The number of aromatic nitrogens is 3. The van der Waals surface area contributed by atoms with Crippen LogP contribution in [0.4, 0.5) is 5.69 Å². The van der Waals surface area contributed by atoms with Gasteiger partial charge >= 0.3 is 0 Å². The van der Waals surface area contributed by atoms with Gasteiger partial charge in [0, 0.05) is 18.3 Å². The van der Waals surface area contributed by atoms with Crippen molar-refractivity contribution in [2.24, 2.45) is 0 Å². The molecule has 138 valence electrons. The van der Waals surface area contributed by atoms with Gasteiger partial charge in [-0.2, -0.15) is 0 Å². The zero-order valence-corrected chi connectivity index (χ0v) is 16.3. The topological polar surface area (TPSA) is 51.0 Å². The van der Waals surface area contributed by atoms with Crippen LogP contribution in [0.15, 0.2) is 29.4 Å². The van der Waals surface area contributed by atoms with Crippen LogP contribution in [0.1, 0.15) is 56.5 Å². The Labute approximate surface area is 159 Å². The molecule has 0 N–H and O–H groups in total. The second-order valence-corrected chi connectivity index (χ2v) is 8.63. The van der Waals surface area contributed by atoms with Gasteiger partial charge in [-0.3, -0.25) is 4.79 Å². The van der Waals surface area contributed by atoms with Gasteiger partial charge in [0.2, 0.25) is 5.91 Å². The summed E-state index contributed by atoms with van der Waals surface area (Å²) in [7, 11) is 0. The number of fused-ring (bicyclic) bond motifs is 1. The number of aryl methyl sites for hydroxylation is 1. The summed E-state index contributed by atoms with van der Waals surface area (Å²) in [5, 5.41) is 9.41. The molecule has 6 heteroatoms. The van der Waals surface area contributed by atoms with Crippen molar-refractivity contribution in [3.8, 4) is 0 Å². The highest BCUT2D eigenvalue weighted by atomic mass is 32.2. The first-order chi connectivity index (χ1) is 12.6. The average Bonchev–Trinajstić information content (AvgIpc) is 3.25. The average molecular weight is 371 g/mol. The van der Waals surface area contributed by atoms with Crippen molar-refractivity contribution in [2.75, 3.05) is 11.4 Å². The zero-order chi connectivity index (χ0) is 18.1. The summed E-state index contributed by atoms with van der Waals surface area (Å²) in [6, 6.07) is 8.69. The number of para-hydroxylation sites is 1. The smallest absolute Gasteiger partial charge is 0.240 e. The van der Waals surface area contributed by atoms with Crippen LogP contribution in [0.3, 0.4) is 0 Å². The molecule has 1 aliphatic carbocycles. The molecular formula is C20H26N4OS. The molecule has 1 fully saturated rings. The SMILES string of the molecule is Cc1nnc(SC(C)C(=O)N2CCc3ccccc32)n1C1CCCCC1. The van der Waals surface area contributed by atoms with E-state index in [9.17, 15) is 4.79 Å². The summed E-state index contributed by atoms with van der Waals surface area (Å²) in [5.41, 5.74) is 2.33. The summed E-state index contributed by atoms with van der Waals surface area (Å²) in [5.74, 6) is 1.13. The van der Waals surface area contributed by atoms with Crippen molar-refractivity contribution in [2.45, 2.75) is 68.8 Å². The van der Waals surface area contributed by atoms with Crippen molar-refractivity contribution >= 4 is 23.4 Å². The van der Waals surface area contributed by atoms with E-state index in [1.807, 2.05) is 36.9 Å². The Morgan fingerprint density at radius 3 is 2.77 bits per heavy atom. The summed E-state index contributed by atoms with van der Waals surface area (Å²) in [4.78, 5) is 15.0. The van der Waals surface area contributed by atoms with Crippen molar-refractivity contribution in [1.29, 1.82) is 0 Å². The highest BCUT2D eigenvalue weighted by molar-refractivity contribution is 8.00. The lowest BCUT2D eigenvalue weighted by Gasteiger charge is -2.26. The molecule has 5 nitrogen and oxygen atoms in total. The number of nitrogens with zero attached hydrogens (tertiary/aromatic N) is 4. The van der Waals surface area contributed by atoms with Crippen LogP contribution in [0.2, 0.25) is 0 Å². The highest BCUT2D eigenvalue weighted by Gasteiger charge is 2.30. The third-order valence-corrected chi connectivity index (χ3v) is 6.60. The van der Waals surface area contributed by atoms with E-state index in [0.29, 0.717) is 6.04 Å². The Morgan fingerprint density at radius 1 is 1.19 bits per heavy atom. The molecule has 1 amide bonds. The molecule has 26 heavy (non-hydrogen) atoms. The number of anilines is 1. The zero-order valence-electron chi connectivity index (χ0n) is 15.5. The van der Waals surface area contributed by atoms with Gasteiger partial charge in [0.15, 0.2) is 5.16 Å². The van der Waals surface area contributed by atoms with Gasteiger partial charge < -0.3 is 9.47 Å². The minimum Gasteiger partial charge on any atom is -0.311 e.